The van der Waals surface area contributed by atoms with Crippen LogP contribution in [-0.4, -0.2) is 19.7 Å². The third-order valence-corrected chi connectivity index (χ3v) is 4.79. The molecular weight excluding hydrogens is 224 g/mol. The zero-order valence-electron chi connectivity index (χ0n) is 9.02. The molecule has 3 N–H and O–H groups in total. The molecule has 0 unspecified atom stereocenters. The summed E-state index contributed by atoms with van der Waals surface area (Å²) in [4.78, 5) is 0. The molecule has 0 amide bonds. The second kappa shape index (κ2) is 4.16. The number of primary sulfonamides is 1. The van der Waals surface area contributed by atoms with Gasteiger partial charge in [-0.15, -0.1) is 0 Å². The Balaban J connectivity index is 1.86. The van der Waals surface area contributed by atoms with Crippen LogP contribution in [0.5, 0.6) is 0 Å². The first kappa shape index (κ1) is 11.6. The van der Waals surface area contributed by atoms with Crippen LogP contribution in [0.15, 0.2) is 30.3 Å². The van der Waals surface area contributed by atoms with E-state index in [-0.39, 0.29) is 0 Å². The number of rotatable bonds is 5. The van der Waals surface area contributed by atoms with Gasteiger partial charge in [0, 0.05) is 13.1 Å². The van der Waals surface area contributed by atoms with Gasteiger partial charge in [0.1, 0.15) is 0 Å². The van der Waals surface area contributed by atoms with Gasteiger partial charge >= 0.3 is 0 Å². The average Bonchev–Trinajstić information content (AvgIpc) is 3.00. The maximum Gasteiger partial charge on any atom is 0.216 e. The van der Waals surface area contributed by atoms with Gasteiger partial charge in [-0.05, 0) is 18.4 Å². The Morgan fingerprint density at radius 3 is 2.38 bits per heavy atom. The highest BCUT2D eigenvalue weighted by molar-refractivity contribution is 7.90. The van der Waals surface area contributed by atoms with Crippen molar-refractivity contribution in [1.29, 1.82) is 0 Å². The summed E-state index contributed by atoms with van der Waals surface area (Å²) in [6.45, 7) is 1.12. The highest BCUT2D eigenvalue weighted by atomic mass is 32.2. The number of nitrogens with two attached hydrogens (primary N) is 1. The second-order valence-corrected chi connectivity index (χ2v) is 6.27. The van der Waals surface area contributed by atoms with Crippen LogP contribution in [-0.2, 0) is 16.6 Å². The van der Waals surface area contributed by atoms with Crippen LogP contribution in [0.1, 0.15) is 18.4 Å². The summed E-state index contributed by atoms with van der Waals surface area (Å²) in [5.41, 5.74) is 1.15. The van der Waals surface area contributed by atoms with Crippen molar-refractivity contribution in [2.75, 3.05) is 6.54 Å². The summed E-state index contributed by atoms with van der Waals surface area (Å²) in [6.07, 6.45) is 1.35. The molecule has 4 nitrogen and oxygen atoms in total. The van der Waals surface area contributed by atoms with E-state index >= 15 is 0 Å². The lowest BCUT2D eigenvalue weighted by Gasteiger charge is -2.13. The van der Waals surface area contributed by atoms with Crippen molar-refractivity contribution in [3.05, 3.63) is 35.9 Å². The molecule has 0 aliphatic heterocycles. The van der Waals surface area contributed by atoms with Crippen molar-refractivity contribution in [3.63, 3.8) is 0 Å². The minimum Gasteiger partial charge on any atom is -0.311 e. The zero-order chi connectivity index (χ0) is 11.6. The molecule has 16 heavy (non-hydrogen) atoms. The number of benzene rings is 1. The summed E-state index contributed by atoms with van der Waals surface area (Å²) in [5.74, 6) is 0. The first-order valence-electron chi connectivity index (χ1n) is 5.31. The molecule has 1 fully saturated rings. The molecule has 1 aliphatic carbocycles. The lowest BCUT2D eigenvalue weighted by molar-refractivity contribution is 0.561. The van der Waals surface area contributed by atoms with Crippen molar-refractivity contribution >= 4 is 10.0 Å². The van der Waals surface area contributed by atoms with Gasteiger partial charge in [0.25, 0.3) is 0 Å². The molecule has 0 heterocycles. The number of nitrogens with one attached hydrogen (secondary N) is 1. The number of hydrogen-bond acceptors (Lipinski definition) is 3. The topological polar surface area (TPSA) is 72.2 Å². The van der Waals surface area contributed by atoms with Crippen LogP contribution in [0.2, 0.25) is 0 Å². The fourth-order valence-electron chi connectivity index (χ4n) is 1.73. The van der Waals surface area contributed by atoms with Crippen molar-refractivity contribution < 1.29 is 8.42 Å². The number of hydrogen-bond donors (Lipinski definition) is 2. The van der Waals surface area contributed by atoms with Gasteiger partial charge in [-0.2, -0.15) is 0 Å². The minimum atomic E-state index is -3.41. The van der Waals surface area contributed by atoms with Gasteiger partial charge in [0.2, 0.25) is 10.0 Å². The van der Waals surface area contributed by atoms with Crippen LogP contribution in [0.3, 0.4) is 0 Å². The molecule has 1 aromatic rings. The molecule has 0 spiro atoms. The van der Waals surface area contributed by atoms with Crippen molar-refractivity contribution in [1.82, 2.24) is 5.32 Å². The standard InChI is InChI=1S/C11H16N2O2S/c12-16(14,15)11(6-7-11)9-13-8-10-4-2-1-3-5-10/h1-5,13H,6-9H2,(H2,12,14,15). The molecule has 88 valence electrons. The van der Waals surface area contributed by atoms with Gasteiger partial charge in [0.15, 0.2) is 0 Å². The highest BCUT2D eigenvalue weighted by Gasteiger charge is 2.52. The molecule has 5 heteroatoms. The first-order valence-corrected chi connectivity index (χ1v) is 6.85. The van der Waals surface area contributed by atoms with E-state index in [0.29, 0.717) is 25.9 Å². The van der Waals surface area contributed by atoms with Crippen molar-refractivity contribution in [3.8, 4) is 0 Å². The molecule has 0 saturated heterocycles. The fraction of sp³-hybridized carbons (Fsp3) is 0.455. The summed E-state index contributed by atoms with van der Waals surface area (Å²) < 4.78 is 21.9. The summed E-state index contributed by atoms with van der Waals surface area (Å²) in [5, 5.41) is 8.34. The van der Waals surface area contributed by atoms with Gasteiger partial charge in [0.05, 0.1) is 4.75 Å². The highest BCUT2D eigenvalue weighted by Crippen LogP contribution is 2.41. The van der Waals surface area contributed by atoms with E-state index in [9.17, 15) is 8.42 Å². The Labute approximate surface area is 95.9 Å². The molecule has 1 saturated carbocycles. The fourth-order valence-corrected chi connectivity index (χ4v) is 2.71. The molecule has 0 atom stereocenters. The molecule has 0 bridgehead atoms. The summed E-state index contributed by atoms with van der Waals surface area (Å²) in [7, 11) is -3.41. The van der Waals surface area contributed by atoms with Crippen LogP contribution in [0, 0.1) is 0 Å². The maximum atomic E-state index is 11.3. The van der Waals surface area contributed by atoms with Crippen LogP contribution in [0.25, 0.3) is 0 Å². The maximum absolute atomic E-state index is 11.3. The Bertz CT molecular complexity index is 452. The molecule has 1 aliphatic rings. The van der Waals surface area contributed by atoms with Gasteiger partial charge in [-0.1, -0.05) is 30.3 Å². The Morgan fingerprint density at radius 1 is 1.25 bits per heavy atom. The van der Waals surface area contributed by atoms with E-state index in [4.69, 9.17) is 5.14 Å². The molecule has 1 aromatic carbocycles. The van der Waals surface area contributed by atoms with E-state index < -0.39 is 14.8 Å². The predicted molar refractivity (Wildman–Crippen MR) is 63.2 cm³/mol. The van der Waals surface area contributed by atoms with Crippen molar-refractivity contribution in [2.24, 2.45) is 5.14 Å². The van der Waals surface area contributed by atoms with E-state index in [1.807, 2.05) is 30.3 Å². The molecule has 2 rings (SSSR count). The quantitative estimate of drug-likeness (QED) is 0.791. The molecule has 0 aromatic heterocycles. The van der Waals surface area contributed by atoms with Crippen molar-refractivity contribution in [2.45, 2.75) is 24.1 Å². The van der Waals surface area contributed by atoms with Crippen LogP contribution >= 0.6 is 0 Å². The monoisotopic (exact) mass is 240 g/mol. The van der Waals surface area contributed by atoms with E-state index in [1.165, 1.54) is 0 Å². The SMILES string of the molecule is NS(=O)(=O)C1(CNCc2ccccc2)CC1. The lowest BCUT2D eigenvalue weighted by atomic mass is 10.2. The average molecular weight is 240 g/mol. The van der Waals surface area contributed by atoms with Crippen LogP contribution < -0.4 is 10.5 Å². The zero-order valence-corrected chi connectivity index (χ0v) is 9.83. The number of sulfonamides is 1. The Hall–Kier alpha value is -0.910. The minimum absolute atomic E-state index is 0.445. The van der Waals surface area contributed by atoms with E-state index in [0.717, 1.165) is 5.56 Å². The normalized spacial score (nSPS) is 18.3. The summed E-state index contributed by atoms with van der Waals surface area (Å²) in [6, 6.07) is 9.89. The lowest BCUT2D eigenvalue weighted by Crippen LogP contribution is -2.39. The third kappa shape index (κ3) is 2.42. The van der Waals surface area contributed by atoms with E-state index in [1.54, 1.807) is 0 Å². The van der Waals surface area contributed by atoms with Gasteiger partial charge in [-0.3, -0.25) is 0 Å². The van der Waals surface area contributed by atoms with E-state index in [2.05, 4.69) is 5.32 Å². The predicted octanol–water partition coefficient (Wildman–Crippen LogP) is 0.597. The second-order valence-electron chi connectivity index (χ2n) is 4.32. The first-order chi connectivity index (χ1) is 7.54. The van der Waals surface area contributed by atoms with Gasteiger partial charge in [-0.25, -0.2) is 13.6 Å². The summed E-state index contributed by atoms with van der Waals surface area (Å²) >= 11 is 0. The Kier molecular flexibility index (Phi) is 3.01. The molecular formula is C11H16N2O2S. The smallest absolute Gasteiger partial charge is 0.216 e. The van der Waals surface area contributed by atoms with Gasteiger partial charge < -0.3 is 5.32 Å². The Morgan fingerprint density at radius 2 is 1.88 bits per heavy atom. The third-order valence-electron chi connectivity index (χ3n) is 3.03. The largest absolute Gasteiger partial charge is 0.311 e. The molecule has 0 radical (unpaired) electrons. The van der Waals surface area contributed by atoms with Crippen LogP contribution in [0.4, 0.5) is 0 Å².